The maximum atomic E-state index is 12.5. The summed E-state index contributed by atoms with van der Waals surface area (Å²) in [6, 6.07) is 1.61. The van der Waals surface area contributed by atoms with Gasteiger partial charge in [-0.3, -0.25) is 0 Å². The van der Waals surface area contributed by atoms with Crippen molar-refractivity contribution in [1.29, 1.82) is 0 Å². The van der Waals surface area contributed by atoms with Crippen LogP contribution in [-0.4, -0.2) is 37.5 Å². The molecule has 2 rings (SSSR count). The minimum Gasteiger partial charge on any atom is -0.369 e. The standard InChI is InChI=1S/C12H18BrN3O2S2/c1-2-14-12-11(7-9(13)8-15-12)20(17,18)16-10-3-5-19-6-4-10/h7-8,10,16H,2-6H2,1H3,(H,14,15). The van der Waals surface area contributed by atoms with Gasteiger partial charge in [-0.1, -0.05) is 0 Å². The molecule has 0 aromatic carbocycles. The normalized spacial score (nSPS) is 17.1. The molecule has 1 aromatic rings. The molecule has 2 N–H and O–H groups in total. The summed E-state index contributed by atoms with van der Waals surface area (Å²) in [5, 5.41) is 2.99. The van der Waals surface area contributed by atoms with Crippen molar-refractivity contribution in [3.8, 4) is 0 Å². The number of aromatic nitrogens is 1. The van der Waals surface area contributed by atoms with Gasteiger partial charge < -0.3 is 5.32 Å². The lowest BCUT2D eigenvalue weighted by Crippen LogP contribution is -2.37. The average molecular weight is 380 g/mol. The Labute approximate surface area is 132 Å². The van der Waals surface area contributed by atoms with Crippen LogP contribution in [0.4, 0.5) is 5.82 Å². The molecular weight excluding hydrogens is 362 g/mol. The van der Waals surface area contributed by atoms with Crippen molar-refractivity contribution in [2.24, 2.45) is 0 Å². The monoisotopic (exact) mass is 379 g/mol. The lowest BCUT2D eigenvalue weighted by Gasteiger charge is -2.23. The fourth-order valence-corrected chi connectivity index (χ4v) is 5.08. The summed E-state index contributed by atoms with van der Waals surface area (Å²) in [5.41, 5.74) is 0. The van der Waals surface area contributed by atoms with Gasteiger partial charge in [-0.05, 0) is 53.3 Å². The van der Waals surface area contributed by atoms with E-state index in [1.165, 1.54) is 0 Å². The van der Waals surface area contributed by atoms with E-state index in [0.717, 1.165) is 24.3 Å². The number of halogens is 1. The van der Waals surface area contributed by atoms with Gasteiger partial charge in [0.05, 0.1) is 0 Å². The van der Waals surface area contributed by atoms with Gasteiger partial charge in [0, 0.05) is 23.3 Å². The van der Waals surface area contributed by atoms with Crippen molar-refractivity contribution in [3.05, 3.63) is 16.7 Å². The van der Waals surface area contributed by atoms with Crippen molar-refractivity contribution in [1.82, 2.24) is 9.71 Å². The van der Waals surface area contributed by atoms with Gasteiger partial charge in [-0.2, -0.15) is 11.8 Å². The number of rotatable bonds is 5. The highest BCUT2D eigenvalue weighted by Gasteiger charge is 2.25. The molecule has 1 aliphatic heterocycles. The largest absolute Gasteiger partial charge is 0.369 e. The number of anilines is 1. The molecule has 1 aliphatic rings. The Morgan fingerprint density at radius 3 is 2.80 bits per heavy atom. The highest BCUT2D eigenvalue weighted by Crippen LogP contribution is 2.25. The van der Waals surface area contributed by atoms with Gasteiger partial charge in [0.25, 0.3) is 0 Å². The number of hydrogen-bond donors (Lipinski definition) is 2. The summed E-state index contributed by atoms with van der Waals surface area (Å²) in [5.74, 6) is 2.40. The zero-order chi connectivity index (χ0) is 14.6. The number of nitrogens with zero attached hydrogens (tertiary/aromatic N) is 1. The molecule has 0 aliphatic carbocycles. The lowest BCUT2D eigenvalue weighted by atomic mass is 10.2. The van der Waals surface area contributed by atoms with E-state index >= 15 is 0 Å². The zero-order valence-corrected chi connectivity index (χ0v) is 14.4. The second kappa shape index (κ2) is 7.11. The summed E-state index contributed by atoms with van der Waals surface area (Å²) in [6.45, 7) is 2.53. The van der Waals surface area contributed by atoms with Gasteiger partial charge in [0.2, 0.25) is 10.0 Å². The second-order valence-electron chi connectivity index (χ2n) is 4.54. The van der Waals surface area contributed by atoms with Gasteiger partial charge >= 0.3 is 0 Å². The van der Waals surface area contributed by atoms with Crippen LogP contribution in [0.25, 0.3) is 0 Å². The van der Waals surface area contributed by atoms with E-state index in [4.69, 9.17) is 0 Å². The number of thioether (sulfide) groups is 1. The first-order valence-corrected chi connectivity index (χ1v) is 9.95. The first-order chi connectivity index (χ1) is 9.53. The predicted molar refractivity (Wildman–Crippen MR) is 86.8 cm³/mol. The maximum absolute atomic E-state index is 12.5. The van der Waals surface area contributed by atoms with E-state index < -0.39 is 10.0 Å². The molecule has 0 saturated carbocycles. The predicted octanol–water partition coefficient (Wildman–Crippen LogP) is 2.45. The highest BCUT2D eigenvalue weighted by molar-refractivity contribution is 9.10. The summed E-state index contributed by atoms with van der Waals surface area (Å²) in [4.78, 5) is 4.35. The molecule has 8 heteroatoms. The first-order valence-electron chi connectivity index (χ1n) is 6.52. The maximum Gasteiger partial charge on any atom is 0.244 e. The molecule has 0 amide bonds. The van der Waals surface area contributed by atoms with E-state index in [1.54, 1.807) is 12.3 Å². The summed E-state index contributed by atoms with van der Waals surface area (Å²) < 4.78 is 28.5. The minimum absolute atomic E-state index is 0.0229. The molecule has 0 spiro atoms. The quantitative estimate of drug-likeness (QED) is 0.821. The number of hydrogen-bond acceptors (Lipinski definition) is 5. The Morgan fingerprint density at radius 2 is 2.15 bits per heavy atom. The Balaban J connectivity index is 2.25. The molecule has 0 bridgehead atoms. The molecule has 5 nitrogen and oxygen atoms in total. The van der Waals surface area contributed by atoms with Gasteiger partial charge in [0.15, 0.2) is 0 Å². The van der Waals surface area contributed by atoms with Crippen LogP contribution in [0, 0.1) is 0 Å². The smallest absolute Gasteiger partial charge is 0.244 e. The van der Waals surface area contributed by atoms with Crippen molar-refractivity contribution >= 4 is 43.5 Å². The van der Waals surface area contributed by atoms with E-state index in [0.29, 0.717) is 16.8 Å². The summed E-state index contributed by atoms with van der Waals surface area (Å²) in [7, 11) is -3.55. The van der Waals surface area contributed by atoms with Crippen LogP contribution in [0.15, 0.2) is 21.6 Å². The Morgan fingerprint density at radius 1 is 1.45 bits per heavy atom. The van der Waals surface area contributed by atoms with E-state index in [-0.39, 0.29) is 10.9 Å². The molecule has 1 aromatic heterocycles. The van der Waals surface area contributed by atoms with Crippen LogP contribution < -0.4 is 10.0 Å². The van der Waals surface area contributed by atoms with Crippen LogP contribution in [0.5, 0.6) is 0 Å². The molecule has 2 heterocycles. The first kappa shape index (κ1) is 16.1. The Hall–Kier alpha value is -0.310. The SMILES string of the molecule is CCNc1ncc(Br)cc1S(=O)(=O)NC1CCSCC1. The van der Waals surface area contributed by atoms with E-state index in [2.05, 4.69) is 31.0 Å². The summed E-state index contributed by atoms with van der Waals surface area (Å²) >= 11 is 5.15. The van der Waals surface area contributed by atoms with Crippen LogP contribution in [-0.2, 0) is 10.0 Å². The Kier molecular flexibility index (Phi) is 5.71. The molecule has 1 fully saturated rings. The molecule has 112 valence electrons. The number of pyridine rings is 1. The third-order valence-corrected chi connectivity index (χ3v) is 6.01. The molecule has 0 radical (unpaired) electrons. The Bertz CT molecular complexity index is 560. The van der Waals surface area contributed by atoms with Crippen LogP contribution in [0.1, 0.15) is 19.8 Å². The topological polar surface area (TPSA) is 71.1 Å². The average Bonchev–Trinajstić information content (AvgIpc) is 2.41. The number of nitrogens with one attached hydrogen (secondary N) is 2. The van der Waals surface area contributed by atoms with Gasteiger partial charge in [-0.25, -0.2) is 18.1 Å². The fourth-order valence-electron chi connectivity index (χ4n) is 2.02. The molecule has 20 heavy (non-hydrogen) atoms. The van der Waals surface area contributed by atoms with E-state index in [9.17, 15) is 8.42 Å². The van der Waals surface area contributed by atoms with E-state index in [1.807, 2.05) is 18.7 Å². The molecule has 0 unspecified atom stereocenters. The molecular formula is C12H18BrN3O2S2. The second-order valence-corrected chi connectivity index (χ2v) is 8.36. The fraction of sp³-hybridized carbons (Fsp3) is 0.583. The van der Waals surface area contributed by atoms with Gasteiger partial charge in [-0.15, -0.1) is 0 Å². The van der Waals surface area contributed by atoms with Crippen molar-refractivity contribution < 1.29 is 8.42 Å². The van der Waals surface area contributed by atoms with Crippen molar-refractivity contribution in [2.45, 2.75) is 30.7 Å². The van der Waals surface area contributed by atoms with Crippen LogP contribution >= 0.6 is 27.7 Å². The van der Waals surface area contributed by atoms with Crippen LogP contribution in [0.2, 0.25) is 0 Å². The lowest BCUT2D eigenvalue weighted by molar-refractivity contribution is 0.529. The van der Waals surface area contributed by atoms with Crippen LogP contribution in [0.3, 0.4) is 0 Å². The van der Waals surface area contributed by atoms with Crippen molar-refractivity contribution in [2.75, 3.05) is 23.4 Å². The van der Waals surface area contributed by atoms with Crippen molar-refractivity contribution in [3.63, 3.8) is 0 Å². The third kappa shape index (κ3) is 4.09. The number of sulfonamides is 1. The van der Waals surface area contributed by atoms with Gasteiger partial charge in [0.1, 0.15) is 10.7 Å². The molecule has 1 saturated heterocycles. The zero-order valence-electron chi connectivity index (χ0n) is 11.2. The third-order valence-electron chi connectivity index (χ3n) is 3.00. The summed E-state index contributed by atoms with van der Waals surface area (Å²) in [6.07, 6.45) is 3.35. The minimum atomic E-state index is -3.55. The molecule has 0 atom stereocenters. The highest BCUT2D eigenvalue weighted by atomic mass is 79.9.